The largest absolute Gasteiger partial charge is 0.377 e. The molecule has 0 saturated carbocycles. The average Bonchev–Trinajstić information content (AvgIpc) is 3.29. The zero-order valence-corrected chi connectivity index (χ0v) is 17.5. The van der Waals surface area contributed by atoms with Gasteiger partial charge in [0.2, 0.25) is 11.8 Å². The third-order valence-corrected chi connectivity index (χ3v) is 6.54. The molecule has 0 aliphatic carbocycles. The molecule has 1 spiro atoms. The Morgan fingerprint density at radius 2 is 2.24 bits per heavy atom. The molecule has 2 aliphatic rings. The first-order valence-corrected chi connectivity index (χ1v) is 10.7. The lowest BCUT2D eigenvalue weighted by atomic mass is 9.86. The summed E-state index contributed by atoms with van der Waals surface area (Å²) in [5, 5.41) is 6.21. The smallest absolute Gasteiger partial charge is 0.240 e. The van der Waals surface area contributed by atoms with E-state index in [0.29, 0.717) is 23.9 Å². The normalized spacial score (nSPS) is 24.8. The number of ether oxygens (including phenoxy) is 2. The minimum atomic E-state index is -0.180. The van der Waals surface area contributed by atoms with Gasteiger partial charge in [0.05, 0.1) is 28.5 Å². The van der Waals surface area contributed by atoms with Crippen molar-refractivity contribution in [2.45, 2.75) is 37.9 Å². The minimum Gasteiger partial charge on any atom is -0.377 e. The Morgan fingerprint density at radius 3 is 2.97 bits per heavy atom. The van der Waals surface area contributed by atoms with Crippen molar-refractivity contribution in [2.75, 3.05) is 44.0 Å². The number of hydrogen-bond donors (Lipinski definition) is 2. The number of likely N-dealkylation sites (tertiary alicyclic amines) is 1. The van der Waals surface area contributed by atoms with Crippen LogP contribution >= 0.6 is 11.3 Å². The van der Waals surface area contributed by atoms with Crippen LogP contribution in [-0.2, 0) is 19.1 Å². The van der Waals surface area contributed by atoms with Crippen LogP contribution in [0.2, 0.25) is 0 Å². The molecule has 9 heteroatoms. The molecule has 2 aliphatic heterocycles. The van der Waals surface area contributed by atoms with E-state index < -0.39 is 0 Å². The molecule has 4 rings (SSSR count). The fourth-order valence-corrected chi connectivity index (χ4v) is 5.15. The molecule has 156 valence electrons. The van der Waals surface area contributed by atoms with Crippen LogP contribution in [0.15, 0.2) is 18.2 Å². The first kappa shape index (κ1) is 20.2. The summed E-state index contributed by atoms with van der Waals surface area (Å²) in [6.07, 6.45) is 2.96. The van der Waals surface area contributed by atoms with Crippen LogP contribution in [0.5, 0.6) is 0 Å². The monoisotopic (exact) mass is 418 g/mol. The van der Waals surface area contributed by atoms with Gasteiger partial charge in [0.25, 0.3) is 0 Å². The summed E-state index contributed by atoms with van der Waals surface area (Å²) < 4.78 is 12.6. The van der Waals surface area contributed by atoms with Gasteiger partial charge in [-0.1, -0.05) is 11.3 Å². The Kier molecular flexibility index (Phi) is 5.82. The molecular weight excluding hydrogens is 392 g/mol. The first-order valence-electron chi connectivity index (χ1n) is 9.84. The highest BCUT2D eigenvalue weighted by Crippen LogP contribution is 2.37. The van der Waals surface area contributed by atoms with Crippen LogP contribution < -0.4 is 10.6 Å². The number of benzene rings is 1. The molecule has 0 unspecified atom stereocenters. The summed E-state index contributed by atoms with van der Waals surface area (Å²) in [6, 6.07) is 5.50. The van der Waals surface area contributed by atoms with E-state index >= 15 is 0 Å². The number of nitrogens with zero attached hydrogens (tertiary/aromatic N) is 2. The molecule has 29 heavy (non-hydrogen) atoms. The molecule has 2 fully saturated rings. The fraction of sp³-hybridized carbons (Fsp3) is 0.550. The summed E-state index contributed by atoms with van der Waals surface area (Å²) in [4.78, 5) is 30.4. The molecular formula is C20H26N4O4S. The molecule has 2 atom stereocenters. The molecule has 2 amide bonds. The number of carbonyl (C=O) groups excluding carboxylic acids is 2. The number of carbonyl (C=O) groups is 2. The van der Waals surface area contributed by atoms with Gasteiger partial charge in [0.15, 0.2) is 5.13 Å². The SMILES string of the molecule is CO[C@@H]1CN(CC(=O)Nc2nc3ccc(NC(C)=O)cc3s2)CC[C@]12CCCO2. The third kappa shape index (κ3) is 4.42. The van der Waals surface area contributed by atoms with Gasteiger partial charge in [-0.15, -0.1) is 0 Å². The second kappa shape index (κ2) is 8.35. The zero-order chi connectivity index (χ0) is 20.4. The van der Waals surface area contributed by atoms with E-state index in [1.54, 1.807) is 13.2 Å². The molecule has 3 heterocycles. The van der Waals surface area contributed by atoms with E-state index in [4.69, 9.17) is 9.47 Å². The van der Waals surface area contributed by atoms with Gasteiger partial charge in [0.1, 0.15) is 0 Å². The maximum absolute atomic E-state index is 12.6. The zero-order valence-electron chi connectivity index (χ0n) is 16.7. The van der Waals surface area contributed by atoms with Gasteiger partial charge in [-0.05, 0) is 37.5 Å². The molecule has 8 nitrogen and oxygen atoms in total. The molecule has 0 bridgehead atoms. The van der Waals surface area contributed by atoms with Crippen molar-refractivity contribution < 1.29 is 19.1 Å². The Morgan fingerprint density at radius 1 is 1.38 bits per heavy atom. The van der Waals surface area contributed by atoms with E-state index in [0.717, 1.165) is 42.6 Å². The summed E-state index contributed by atoms with van der Waals surface area (Å²) in [7, 11) is 1.72. The maximum atomic E-state index is 12.6. The number of fused-ring (bicyclic) bond motifs is 1. The summed E-state index contributed by atoms with van der Waals surface area (Å²) in [5.41, 5.74) is 1.33. The minimum absolute atomic E-state index is 0.0128. The fourth-order valence-electron chi connectivity index (χ4n) is 4.22. The molecule has 2 aromatic rings. The Balaban J connectivity index is 1.36. The van der Waals surface area contributed by atoms with Crippen LogP contribution in [0.3, 0.4) is 0 Å². The van der Waals surface area contributed by atoms with Gasteiger partial charge in [-0.3, -0.25) is 14.5 Å². The van der Waals surface area contributed by atoms with E-state index in [1.807, 2.05) is 12.1 Å². The second-order valence-corrected chi connectivity index (χ2v) is 8.69. The second-order valence-electron chi connectivity index (χ2n) is 7.66. The highest BCUT2D eigenvalue weighted by atomic mass is 32.1. The Hall–Kier alpha value is -2.07. The lowest BCUT2D eigenvalue weighted by molar-refractivity contribution is -0.145. The van der Waals surface area contributed by atoms with Crippen molar-refractivity contribution in [1.82, 2.24) is 9.88 Å². The van der Waals surface area contributed by atoms with Crippen molar-refractivity contribution in [3.05, 3.63) is 18.2 Å². The van der Waals surface area contributed by atoms with Gasteiger partial charge < -0.3 is 20.1 Å². The number of aromatic nitrogens is 1. The van der Waals surface area contributed by atoms with E-state index in [2.05, 4.69) is 20.5 Å². The summed E-state index contributed by atoms with van der Waals surface area (Å²) >= 11 is 1.39. The topological polar surface area (TPSA) is 92.8 Å². The van der Waals surface area contributed by atoms with Crippen molar-refractivity contribution in [1.29, 1.82) is 0 Å². The Labute approximate surface area is 173 Å². The number of anilines is 2. The first-order chi connectivity index (χ1) is 14.0. The molecule has 2 N–H and O–H groups in total. The van der Waals surface area contributed by atoms with Gasteiger partial charge in [-0.2, -0.15) is 0 Å². The highest BCUT2D eigenvalue weighted by Gasteiger charge is 2.46. The molecule has 0 radical (unpaired) electrons. The van der Waals surface area contributed by atoms with E-state index in [-0.39, 0.29) is 23.5 Å². The predicted octanol–water partition coefficient (Wildman–Crippen LogP) is 2.46. The van der Waals surface area contributed by atoms with Crippen LogP contribution in [0, 0.1) is 0 Å². The molecule has 1 aromatic carbocycles. The van der Waals surface area contributed by atoms with Gasteiger partial charge in [0, 0.05) is 39.4 Å². The molecule has 1 aromatic heterocycles. The number of nitrogens with one attached hydrogen (secondary N) is 2. The quantitative estimate of drug-likeness (QED) is 0.775. The van der Waals surface area contributed by atoms with Crippen LogP contribution in [0.25, 0.3) is 10.2 Å². The average molecular weight is 419 g/mol. The number of rotatable bonds is 5. The van der Waals surface area contributed by atoms with Crippen molar-refractivity contribution in [3.8, 4) is 0 Å². The lowest BCUT2D eigenvalue weighted by Crippen LogP contribution is -2.57. The van der Waals surface area contributed by atoms with Crippen LogP contribution in [-0.4, -0.2) is 66.8 Å². The number of thiazole rings is 1. The van der Waals surface area contributed by atoms with Crippen molar-refractivity contribution >= 4 is 44.2 Å². The molecule has 2 saturated heterocycles. The summed E-state index contributed by atoms with van der Waals surface area (Å²) in [5.74, 6) is -0.215. The number of piperidine rings is 1. The number of hydrogen-bond acceptors (Lipinski definition) is 7. The maximum Gasteiger partial charge on any atom is 0.240 e. The predicted molar refractivity (Wildman–Crippen MR) is 112 cm³/mol. The van der Waals surface area contributed by atoms with Crippen LogP contribution in [0.4, 0.5) is 10.8 Å². The number of methoxy groups -OCH3 is 1. The standard InChI is InChI=1S/C20H26N4O4S/c1-13(25)21-14-4-5-15-16(10-14)29-19(22-15)23-18(26)12-24-8-7-20(6-3-9-28-20)17(11-24)27-2/h4-5,10,17H,3,6-9,11-12H2,1-2H3,(H,21,25)(H,22,23,26)/t17-,20-/m1/s1. The lowest BCUT2D eigenvalue weighted by Gasteiger charge is -2.44. The van der Waals surface area contributed by atoms with Gasteiger partial charge >= 0.3 is 0 Å². The van der Waals surface area contributed by atoms with Crippen LogP contribution in [0.1, 0.15) is 26.2 Å². The highest BCUT2D eigenvalue weighted by molar-refractivity contribution is 7.22. The van der Waals surface area contributed by atoms with Crippen molar-refractivity contribution in [2.24, 2.45) is 0 Å². The summed E-state index contributed by atoms with van der Waals surface area (Å²) in [6.45, 7) is 4.06. The van der Waals surface area contributed by atoms with E-state index in [1.165, 1.54) is 18.3 Å². The van der Waals surface area contributed by atoms with Crippen molar-refractivity contribution in [3.63, 3.8) is 0 Å². The van der Waals surface area contributed by atoms with Gasteiger partial charge in [-0.25, -0.2) is 4.98 Å². The Bertz CT molecular complexity index is 909. The third-order valence-electron chi connectivity index (χ3n) is 5.60. The number of amides is 2. The van der Waals surface area contributed by atoms with E-state index in [9.17, 15) is 9.59 Å².